The minimum atomic E-state index is -0.361. The summed E-state index contributed by atoms with van der Waals surface area (Å²) < 4.78 is 14.7. The second-order valence-corrected chi connectivity index (χ2v) is 9.59. The number of rotatable bonds is 2. The Morgan fingerprint density at radius 1 is 0.750 bits per heavy atom. The van der Waals surface area contributed by atoms with Crippen LogP contribution in [0, 0.1) is 0 Å². The Balaban J connectivity index is 1.50. The van der Waals surface area contributed by atoms with Crippen molar-refractivity contribution in [1.82, 2.24) is 9.38 Å². The highest BCUT2D eigenvalue weighted by atomic mass is 16.7. The highest BCUT2D eigenvalue weighted by Crippen LogP contribution is 2.37. The molecule has 32 heavy (non-hydrogen) atoms. The summed E-state index contributed by atoms with van der Waals surface area (Å²) in [7, 11) is -0.361. The minimum Gasteiger partial charge on any atom is -0.399 e. The lowest BCUT2D eigenvalue weighted by Gasteiger charge is -2.32. The maximum Gasteiger partial charge on any atom is 0.494 e. The molecule has 0 bridgehead atoms. The van der Waals surface area contributed by atoms with E-state index in [2.05, 4.69) is 105 Å². The summed E-state index contributed by atoms with van der Waals surface area (Å²) in [5, 5.41) is 1.19. The van der Waals surface area contributed by atoms with Gasteiger partial charge in [-0.3, -0.25) is 4.40 Å². The zero-order chi connectivity index (χ0) is 22.1. The quantitative estimate of drug-likeness (QED) is 0.349. The standard InChI is InChI=1S/C27H25BN2O2/c1-26(2)27(3,4)32-28(31-26)20-15-13-18(14-16-20)21-17-19-9-5-7-11-23(19)30-24-12-8-6-10-22(24)29-25(21)30/h5-17H,1-4H3. The molecule has 1 aliphatic heterocycles. The Labute approximate surface area is 187 Å². The van der Waals surface area contributed by atoms with Crippen LogP contribution >= 0.6 is 0 Å². The highest BCUT2D eigenvalue weighted by Gasteiger charge is 2.51. The molecule has 1 saturated heterocycles. The lowest BCUT2D eigenvalue weighted by Crippen LogP contribution is -2.41. The van der Waals surface area contributed by atoms with Gasteiger partial charge in [-0.05, 0) is 68.4 Å². The molecule has 1 fully saturated rings. The van der Waals surface area contributed by atoms with Gasteiger partial charge in [0.15, 0.2) is 0 Å². The molecule has 3 aromatic carbocycles. The van der Waals surface area contributed by atoms with Crippen LogP contribution in [0.2, 0.25) is 0 Å². The second kappa shape index (κ2) is 6.68. The molecule has 0 atom stereocenters. The van der Waals surface area contributed by atoms with E-state index < -0.39 is 0 Å². The van der Waals surface area contributed by atoms with Gasteiger partial charge in [0.1, 0.15) is 5.65 Å². The maximum atomic E-state index is 6.22. The van der Waals surface area contributed by atoms with Gasteiger partial charge in [-0.2, -0.15) is 0 Å². The van der Waals surface area contributed by atoms with Crippen molar-refractivity contribution in [2.45, 2.75) is 38.9 Å². The number of pyridine rings is 1. The highest BCUT2D eigenvalue weighted by molar-refractivity contribution is 6.62. The number of para-hydroxylation sites is 3. The second-order valence-electron chi connectivity index (χ2n) is 9.59. The molecule has 0 unspecified atom stereocenters. The molecule has 0 radical (unpaired) electrons. The fourth-order valence-electron chi connectivity index (χ4n) is 4.50. The van der Waals surface area contributed by atoms with Crippen molar-refractivity contribution < 1.29 is 9.31 Å². The van der Waals surface area contributed by atoms with Gasteiger partial charge in [0, 0.05) is 5.56 Å². The SMILES string of the molecule is CC1(C)OB(c2ccc(-c3cc4ccccc4n4c3nc3ccccc34)cc2)OC1(C)C. The Hall–Kier alpha value is -3.15. The molecule has 0 aliphatic carbocycles. The van der Waals surface area contributed by atoms with Crippen molar-refractivity contribution >= 4 is 40.2 Å². The largest absolute Gasteiger partial charge is 0.494 e. The number of benzene rings is 3. The molecule has 0 N–H and O–H groups in total. The van der Waals surface area contributed by atoms with Gasteiger partial charge in [-0.15, -0.1) is 0 Å². The van der Waals surface area contributed by atoms with Crippen molar-refractivity contribution in [1.29, 1.82) is 0 Å². The van der Waals surface area contributed by atoms with Crippen LogP contribution in [0.15, 0.2) is 78.9 Å². The molecule has 3 heterocycles. The molecule has 2 aromatic heterocycles. The number of fused-ring (bicyclic) bond motifs is 5. The third-order valence-electron chi connectivity index (χ3n) is 7.03. The summed E-state index contributed by atoms with van der Waals surface area (Å²) in [5.74, 6) is 0. The summed E-state index contributed by atoms with van der Waals surface area (Å²) in [4.78, 5) is 4.99. The Morgan fingerprint density at radius 2 is 1.38 bits per heavy atom. The van der Waals surface area contributed by atoms with Crippen molar-refractivity contribution in [3.63, 3.8) is 0 Å². The van der Waals surface area contributed by atoms with E-state index in [-0.39, 0.29) is 18.3 Å². The molecule has 0 spiro atoms. The summed E-state index contributed by atoms with van der Waals surface area (Å²) in [6, 6.07) is 27.5. The van der Waals surface area contributed by atoms with Crippen LogP contribution in [0.25, 0.3) is 38.7 Å². The minimum absolute atomic E-state index is 0.350. The predicted octanol–water partition coefficient (Wildman–Crippen LogP) is 5.61. The topological polar surface area (TPSA) is 35.8 Å². The van der Waals surface area contributed by atoms with E-state index in [0.29, 0.717) is 0 Å². The van der Waals surface area contributed by atoms with Crippen LogP contribution in [0.1, 0.15) is 27.7 Å². The smallest absolute Gasteiger partial charge is 0.399 e. The molecule has 5 heteroatoms. The normalized spacial score (nSPS) is 17.6. The number of nitrogens with zero attached hydrogens (tertiary/aromatic N) is 2. The molecule has 1 aliphatic rings. The maximum absolute atomic E-state index is 6.22. The van der Waals surface area contributed by atoms with Gasteiger partial charge >= 0.3 is 7.12 Å². The first-order valence-electron chi connectivity index (χ1n) is 11.1. The first-order chi connectivity index (χ1) is 15.3. The average molecular weight is 420 g/mol. The third-order valence-corrected chi connectivity index (χ3v) is 7.03. The zero-order valence-corrected chi connectivity index (χ0v) is 18.8. The van der Waals surface area contributed by atoms with Crippen LogP contribution in [0.5, 0.6) is 0 Å². The van der Waals surface area contributed by atoms with E-state index in [0.717, 1.165) is 38.8 Å². The van der Waals surface area contributed by atoms with Gasteiger partial charge in [0.05, 0.1) is 27.8 Å². The fraction of sp³-hybridized carbons (Fsp3) is 0.222. The molecular weight excluding hydrogens is 395 g/mol. The van der Waals surface area contributed by atoms with E-state index >= 15 is 0 Å². The van der Waals surface area contributed by atoms with Gasteiger partial charge in [-0.25, -0.2) is 4.98 Å². The Bertz CT molecular complexity index is 1470. The predicted molar refractivity (Wildman–Crippen MR) is 131 cm³/mol. The van der Waals surface area contributed by atoms with E-state index in [1.165, 1.54) is 5.39 Å². The van der Waals surface area contributed by atoms with Gasteiger partial charge < -0.3 is 9.31 Å². The lowest BCUT2D eigenvalue weighted by atomic mass is 9.78. The number of hydrogen-bond acceptors (Lipinski definition) is 3. The van der Waals surface area contributed by atoms with E-state index in [9.17, 15) is 0 Å². The molecular formula is C27H25BN2O2. The summed E-state index contributed by atoms with van der Waals surface area (Å²) in [5.41, 5.74) is 6.80. The van der Waals surface area contributed by atoms with E-state index in [1.807, 2.05) is 6.07 Å². The van der Waals surface area contributed by atoms with Crippen molar-refractivity contribution in [2.75, 3.05) is 0 Å². The number of hydrogen-bond donors (Lipinski definition) is 0. The molecule has 6 rings (SSSR count). The van der Waals surface area contributed by atoms with Crippen LogP contribution in [0.3, 0.4) is 0 Å². The third kappa shape index (κ3) is 2.82. The molecule has 0 amide bonds. The van der Waals surface area contributed by atoms with Crippen molar-refractivity contribution in [3.05, 3.63) is 78.9 Å². The van der Waals surface area contributed by atoms with Crippen LogP contribution in [-0.2, 0) is 9.31 Å². The fourth-order valence-corrected chi connectivity index (χ4v) is 4.50. The van der Waals surface area contributed by atoms with Crippen molar-refractivity contribution in [3.8, 4) is 11.1 Å². The van der Waals surface area contributed by atoms with E-state index in [1.54, 1.807) is 0 Å². The molecule has 0 saturated carbocycles. The molecule has 158 valence electrons. The summed E-state index contributed by atoms with van der Waals surface area (Å²) in [6.07, 6.45) is 0. The molecule has 4 nitrogen and oxygen atoms in total. The number of aromatic nitrogens is 2. The van der Waals surface area contributed by atoms with Crippen LogP contribution in [-0.4, -0.2) is 27.7 Å². The zero-order valence-electron chi connectivity index (χ0n) is 18.8. The molecule has 5 aromatic rings. The first-order valence-corrected chi connectivity index (χ1v) is 11.1. The monoisotopic (exact) mass is 420 g/mol. The van der Waals surface area contributed by atoms with Crippen molar-refractivity contribution in [2.24, 2.45) is 0 Å². The summed E-state index contributed by atoms with van der Waals surface area (Å²) in [6.45, 7) is 8.32. The number of imidazole rings is 1. The van der Waals surface area contributed by atoms with Gasteiger partial charge in [-0.1, -0.05) is 54.6 Å². The average Bonchev–Trinajstić information content (AvgIpc) is 3.27. The Kier molecular flexibility index (Phi) is 4.08. The summed E-state index contributed by atoms with van der Waals surface area (Å²) >= 11 is 0. The first kappa shape index (κ1) is 19.5. The Morgan fingerprint density at radius 3 is 2.09 bits per heavy atom. The van der Waals surface area contributed by atoms with Gasteiger partial charge in [0.25, 0.3) is 0 Å². The van der Waals surface area contributed by atoms with E-state index in [4.69, 9.17) is 14.3 Å². The lowest BCUT2D eigenvalue weighted by molar-refractivity contribution is 0.00578. The van der Waals surface area contributed by atoms with Crippen LogP contribution < -0.4 is 5.46 Å². The van der Waals surface area contributed by atoms with Crippen LogP contribution in [0.4, 0.5) is 0 Å². The van der Waals surface area contributed by atoms with Gasteiger partial charge in [0.2, 0.25) is 0 Å².